The van der Waals surface area contributed by atoms with Gasteiger partial charge in [0.25, 0.3) is 5.91 Å². The molecule has 0 bridgehead atoms. The Balaban J connectivity index is 0.643. The first-order valence-electron chi connectivity index (χ1n) is 20.1. The molecule has 9 rings (SSSR count). The van der Waals surface area contributed by atoms with Crippen LogP contribution in [0.25, 0.3) is 32.9 Å². The molecule has 0 spiro atoms. The summed E-state index contributed by atoms with van der Waals surface area (Å²) in [5.74, 6) is 1.13. The van der Waals surface area contributed by atoms with Crippen molar-refractivity contribution in [3.8, 4) is 22.8 Å². The number of amides is 3. The van der Waals surface area contributed by atoms with Crippen LogP contribution < -0.4 is 14.8 Å². The van der Waals surface area contributed by atoms with Gasteiger partial charge < -0.3 is 28.6 Å². The molecule has 3 aliphatic heterocycles. The molecule has 2 saturated heterocycles. The van der Waals surface area contributed by atoms with E-state index in [0.29, 0.717) is 55.4 Å². The second kappa shape index (κ2) is 15.7. The Labute approximate surface area is 326 Å². The van der Waals surface area contributed by atoms with E-state index in [1.807, 2.05) is 36.8 Å². The molecule has 6 heterocycles. The van der Waals surface area contributed by atoms with Gasteiger partial charge in [0.15, 0.2) is 0 Å². The zero-order valence-electron chi connectivity index (χ0n) is 31.8. The molecule has 56 heavy (non-hydrogen) atoms. The van der Waals surface area contributed by atoms with Crippen LogP contribution in [-0.4, -0.2) is 93.2 Å². The molecule has 1 N–H and O–H groups in total. The quantitative estimate of drug-likeness (QED) is 0.113. The van der Waals surface area contributed by atoms with Crippen molar-refractivity contribution < 1.29 is 28.6 Å². The third-order valence-corrected chi connectivity index (χ3v) is 12.1. The zero-order valence-corrected chi connectivity index (χ0v) is 31.8. The molecule has 0 radical (unpaired) electrons. The lowest BCUT2D eigenvalue weighted by atomic mass is 9.81. The summed E-state index contributed by atoms with van der Waals surface area (Å²) in [4.78, 5) is 50.0. The molecule has 3 fully saturated rings. The summed E-state index contributed by atoms with van der Waals surface area (Å²) < 4.78 is 20.7. The van der Waals surface area contributed by atoms with Gasteiger partial charge in [0.1, 0.15) is 17.9 Å². The number of rotatable bonds is 13. The molecule has 1 atom stereocenters. The first kappa shape index (κ1) is 36.3. The van der Waals surface area contributed by atoms with Crippen LogP contribution >= 0.6 is 0 Å². The van der Waals surface area contributed by atoms with Gasteiger partial charge in [-0.25, -0.2) is 4.98 Å². The lowest BCUT2D eigenvalue weighted by Gasteiger charge is -2.40. The van der Waals surface area contributed by atoms with E-state index in [2.05, 4.69) is 62.1 Å². The van der Waals surface area contributed by atoms with Gasteiger partial charge in [0, 0.05) is 98.3 Å². The number of carbonyl (C=O) groups excluding carboxylic acids is 3. The molecule has 1 aliphatic carbocycles. The SMILES string of the molecule is Cn1c2ccncc2c2ccc(-c3ccc(OC4CC(CN5CCC(OCCCCOc6ccc7c(c6)C(=O)N(C6CCC(=O)NC6=O)C7)CC5)C4)nc3)cc21. The van der Waals surface area contributed by atoms with E-state index in [1.165, 1.54) is 21.8 Å². The van der Waals surface area contributed by atoms with Gasteiger partial charge in [0.2, 0.25) is 17.7 Å². The van der Waals surface area contributed by atoms with Crippen molar-refractivity contribution in [3.05, 3.63) is 84.3 Å². The molecule has 5 aromatic rings. The van der Waals surface area contributed by atoms with Gasteiger partial charge in [-0.15, -0.1) is 0 Å². The van der Waals surface area contributed by atoms with E-state index in [9.17, 15) is 14.4 Å². The number of imide groups is 1. The van der Waals surface area contributed by atoms with Crippen LogP contribution in [0.1, 0.15) is 67.3 Å². The fourth-order valence-corrected chi connectivity index (χ4v) is 8.84. The van der Waals surface area contributed by atoms with Crippen LogP contribution in [0.15, 0.2) is 73.2 Å². The molecule has 2 aromatic carbocycles. The van der Waals surface area contributed by atoms with E-state index in [4.69, 9.17) is 14.2 Å². The molecule has 3 amide bonds. The molecule has 3 aromatic heterocycles. The van der Waals surface area contributed by atoms with Crippen molar-refractivity contribution in [2.45, 2.75) is 76.2 Å². The van der Waals surface area contributed by atoms with Gasteiger partial charge in [-0.1, -0.05) is 18.2 Å². The van der Waals surface area contributed by atoms with Gasteiger partial charge in [-0.3, -0.25) is 24.7 Å². The standard InChI is InChI=1S/C44H48N6O6/c1-48-38-12-15-45-25-37(38)35-8-5-29(22-40(35)48)30-6-11-42(46-24-30)56-34-20-28(21-34)26-49-16-13-32(14-17-49)54-18-2-3-19-55-33-7-4-31-27-50(44(53)36(31)23-33)39-9-10-41(51)47-43(39)52/h4-8,11-12,15,22-25,28,32,34,39H,2-3,9-10,13-14,16-21,26-27H2,1H3,(H,47,51,52). The van der Waals surface area contributed by atoms with Crippen LogP contribution in [0, 0.1) is 5.92 Å². The molecule has 1 unspecified atom stereocenters. The van der Waals surface area contributed by atoms with Crippen molar-refractivity contribution in [2.75, 3.05) is 32.8 Å². The van der Waals surface area contributed by atoms with Gasteiger partial charge in [-0.05, 0) is 92.3 Å². The lowest BCUT2D eigenvalue weighted by molar-refractivity contribution is -0.136. The highest BCUT2D eigenvalue weighted by Crippen LogP contribution is 2.35. The van der Waals surface area contributed by atoms with Crippen molar-refractivity contribution >= 4 is 39.5 Å². The Hall–Kier alpha value is -5.33. The smallest absolute Gasteiger partial charge is 0.255 e. The fraction of sp³-hybridized carbons (Fsp3) is 0.432. The summed E-state index contributed by atoms with van der Waals surface area (Å²) in [6.45, 7) is 4.88. The summed E-state index contributed by atoms with van der Waals surface area (Å²) >= 11 is 0. The lowest BCUT2D eigenvalue weighted by Crippen LogP contribution is -2.52. The number of nitrogens with zero attached hydrogens (tertiary/aromatic N) is 5. The van der Waals surface area contributed by atoms with Crippen LogP contribution in [0.4, 0.5) is 0 Å². The average molecular weight is 757 g/mol. The minimum absolute atomic E-state index is 0.189. The number of fused-ring (bicyclic) bond motifs is 4. The normalized spacial score (nSPS) is 21.7. The van der Waals surface area contributed by atoms with E-state index in [1.54, 1.807) is 11.0 Å². The Bertz CT molecular complexity index is 2260. The number of carbonyl (C=O) groups is 3. The summed E-state index contributed by atoms with van der Waals surface area (Å²) in [5, 5.41) is 4.72. The molecule has 12 heteroatoms. The van der Waals surface area contributed by atoms with E-state index >= 15 is 0 Å². The predicted octanol–water partition coefficient (Wildman–Crippen LogP) is 6.05. The number of pyridine rings is 2. The molecular weight excluding hydrogens is 709 g/mol. The number of hydrogen-bond acceptors (Lipinski definition) is 9. The number of ether oxygens (including phenoxy) is 3. The number of aryl methyl sites for hydroxylation is 1. The Morgan fingerprint density at radius 3 is 2.50 bits per heavy atom. The number of nitrogens with one attached hydrogen (secondary N) is 1. The number of benzene rings is 2. The monoisotopic (exact) mass is 756 g/mol. The predicted molar refractivity (Wildman–Crippen MR) is 211 cm³/mol. The van der Waals surface area contributed by atoms with Crippen molar-refractivity contribution in [3.63, 3.8) is 0 Å². The first-order valence-corrected chi connectivity index (χ1v) is 20.1. The highest BCUT2D eigenvalue weighted by atomic mass is 16.5. The number of aromatic nitrogens is 3. The number of unbranched alkanes of at least 4 members (excludes halogenated alkanes) is 1. The highest BCUT2D eigenvalue weighted by molar-refractivity contribution is 6.08. The Morgan fingerprint density at radius 2 is 1.68 bits per heavy atom. The highest BCUT2D eigenvalue weighted by Gasteiger charge is 2.39. The maximum absolute atomic E-state index is 13.1. The van der Waals surface area contributed by atoms with Crippen molar-refractivity contribution in [2.24, 2.45) is 13.0 Å². The second-order valence-corrected chi connectivity index (χ2v) is 15.8. The molecule has 290 valence electrons. The first-order chi connectivity index (χ1) is 27.4. The van der Waals surface area contributed by atoms with Gasteiger partial charge >= 0.3 is 0 Å². The number of likely N-dealkylation sites (tertiary alicyclic amines) is 1. The van der Waals surface area contributed by atoms with Crippen molar-refractivity contribution in [1.29, 1.82) is 0 Å². The Morgan fingerprint density at radius 1 is 0.839 bits per heavy atom. The minimum Gasteiger partial charge on any atom is -0.494 e. The third-order valence-electron chi connectivity index (χ3n) is 12.1. The van der Waals surface area contributed by atoms with Crippen LogP contribution in [0.2, 0.25) is 0 Å². The summed E-state index contributed by atoms with van der Waals surface area (Å²) in [5.41, 5.74) is 6.01. The minimum atomic E-state index is -0.613. The number of hydrogen-bond donors (Lipinski definition) is 1. The van der Waals surface area contributed by atoms with E-state index < -0.39 is 11.9 Å². The zero-order chi connectivity index (χ0) is 38.2. The summed E-state index contributed by atoms with van der Waals surface area (Å²) in [7, 11) is 2.10. The molecule has 12 nitrogen and oxygen atoms in total. The van der Waals surface area contributed by atoms with Crippen LogP contribution in [-0.2, 0) is 27.9 Å². The fourth-order valence-electron chi connectivity index (χ4n) is 8.84. The maximum atomic E-state index is 13.1. The van der Waals surface area contributed by atoms with E-state index in [0.717, 1.165) is 74.8 Å². The topological polar surface area (TPSA) is 128 Å². The summed E-state index contributed by atoms with van der Waals surface area (Å²) in [6.07, 6.45) is 12.8. The largest absolute Gasteiger partial charge is 0.494 e. The van der Waals surface area contributed by atoms with Gasteiger partial charge in [0.05, 0.1) is 18.2 Å². The summed E-state index contributed by atoms with van der Waals surface area (Å²) in [6, 6.07) is 17.6. The van der Waals surface area contributed by atoms with Crippen molar-refractivity contribution in [1.82, 2.24) is 29.7 Å². The number of piperidine rings is 2. The Kier molecular flexibility index (Phi) is 10.2. The molecule has 1 saturated carbocycles. The van der Waals surface area contributed by atoms with E-state index in [-0.39, 0.29) is 24.3 Å². The van der Waals surface area contributed by atoms with Crippen LogP contribution in [0.3, 0.4) is 0 Å². The second-order valence-electron chi connectivity index (χ2n) is 15.8. The van der Waals surface area contributed by atoms with Crippen LogP contribution in [0.5, 0.6) is 11.6 Å². The maximum Gasteiger partial charge on any atom is 0.255 e. The molecular formula is C44H48N6O6. The average Bonchev–Trinajstić information content (AvgIpc) is 3.68. The van der Waals surface area contributed by atoms with Gasteiger partial charge in [-0.2, -0.15) is 0 Å². The molecule has 4 aliphatic rings. The third kappa shape index (κ3) is 7.47.